The van der Waals surface area contributed by atoms with E-state index in [0.29, 0.717) is 24.3 Å². The SMILES string of the molecule is CC(CC(=O)NC1CC1C)C1CCNCC1. The van der Waals surface area contributed by atoms with Gasteiger partial charge < -0.3 is 10.6 Å². The number of carbonyl (C=O) groups excluding carboxylic acids is 1. The summed E-state index contributed by atoms with van der Waals surface area (Å²) in [6.07, 6.45) is 4.35. The van der Waals surface area contributed by atoms with E-state index in [1.165, 1.54) is 19.3 Å². The van der Waals surface area contributed by atoms with E-state index in [4.69, 9.17) is 0 Å². The van der Waals surface area contributed by atoms with Crippen LogP contribution < -0.4 is 10.6 Å². The Bertz CT molecular complexity index is 248. The van der Waals surface area contributed by atoms with E-state index < -0.39 is 0 Å². The molecule has 0 aromatic rings. The Morgan fingerprint density at radius 1 is 1.44 bits per heavy atom. The van der Waals surface area contributed by atoms with Crippen molar-refractivity contribution >= 4 is 5.91 Å². The summed E-state index contributed by atoms with van der Waals surface area (Å²) < 4.78 is 0. The number of rotatable bonds is 4. The van der Waals surface area contributed by atoms with E-state index in [9.17, 15) is 4.79 Å². The summed E-state index contributed by atoms with van der Waals surface area (Å²) in [5, 5.41) is 6.49. The van der Waals surface area contributed by atoms with Crippen LogP contribution in [0.15, 0.2) is 0 Å². The number of nitrogens with one attached hydrogen (secondary N) is 2. The minimum absolute atomic E-state index is 0.264. The molecule has 2 aliphatic rings. The molecule has 1 saturated heterocycles. The molecule has 2 N–H and O–H groups in total. The van der Waals surface area contributed by atoms with Crippen molar-refractivity contribution in [2.75, 3.05) is 13.1 Å². The second-order valence-corrected chi connectivity index (χ2v) is 5.66. The molecule has 3 heteroatoms. The Kier molecular flexibility index (Phi) is 3.85. The minimum atomic E-state index is 0.264. The molecule has 92 valence electrons. The fourth-order valence-corrected chi connectivity index (χ4v) is 2.66. The van der Waals surface area contributed by atoms with Crippen molar-refractivity contribution in [1.82, 2.24) is 10.6 Å². The molecule has 0 bridgehead atoms. The predicted molar refractivity (Wildman–Crippen MR) is 65.1 cm³/mol. The van der Waals surface area contributed by atoms with Crippen molar-refractivity contribution < 1.29 is 4.79 Å². The van der Waals surface area contributed by atoms with Gasteiger partial charge in [-0.15, -0.1) is 0 Å². The van der Waals surface area contributed by atoms with Crippen LogP contribution in [-0.2, 0) is 4.79 Å². The number of hydrogen-bond donors (Lipinski definition) is 2. The third kappa shape index (κ3) is 3.21. The minimum Gasteiger partial charge on any atom is -0.353 e. The van der Waals surface area contributed by atoms with Crippen molar-refractivity contribution in [2.24, 2.45) is 17.8 Å². The average molecular weight is 224 g/mol. The molecule has 0 aromatic heterocycles. The maximum Gasteiger partial charge on any atom is 0.220 e. The first kappa shape index (κ1) is 11.9. The van der Waals surface area contributed by atoms with Gasteiger partial charge in [-0.1, -0.05) is 13.8 Å². The van der Waals surface area contributed by atoms with Crippen LogP contribution in [0.2, 0.25) is 0 Å². The van der Waals surface area contributed by atoms with Crippen LogP contribution in [0, 0.1) is 17.8 Å². The number of piperidine rings is 1. The molecule has 3 atom stereocenters. The van der Waals surface area contributed by atoms with E-state index in [1.54, 1.807) is 0 Å². The van der Waals surface area contributed by atoms with Crippen LogP contribution in [0.3, 0.4) is 0 Å². The lowest BCUT2D eigenvalue weighted by Crippen LogP contribution is -2.34. The van der Waals surface area contributed by atoms with Gasteiger partial charge in [0.25, 0.3) is 0 Å². The molecule has 0 spiro atoms. The quantitative estimate of drug-likeness (QED) is 0.760. The van der Waals surface area contributed by atoms with Gasteiger partial charge in [-0.25, -0.2) is 0 Å². The maximum absolute atomic E-state index is 11.8. The topological polar surface area (TPSA) is 41.1 Å². The summed E-state index contributed by atoms with van der Waals surface area (Å²) >= 11 is 0. The van der Waals surface area contributed by atoms with Gasteiger partial charge in [0.15, 0.2) is 0 Å². The lowest BCUT2D eigenvalue weighted by atomic mass is 9.84. The van der Waals surface area contributed by atoms with E-state index in [-0.39, 0.29) is 5.91 Å². The molecule has 1 amide bonds. The average Bonchev–Trinajstić information content (AvgIpc) is 2.95. The van der Waals surface area contributed by atoms with Gasteiger partial charge in [0.2, 0.25) is 5.91 Å². The van der Waals surface area contributed by atoms with Crippen LogP contribution >= 0.6 is 0 Å². The Morgan fingerprint density at radius 3 is 2.62 bits per heavy atom. The largest absolute Gasteiger partial charge is 0.353 e. The molecule has 0 radical (unpaired) electrons. The molecule has 2 rings (SSSR count). The lowest BCUT2D eigenvalue weighted by molar-refractivity contribution is -0.122. The van der Waals surface area contributed by atoms with E-state index >= 15 is 0 Å². The summed E-state index contributed by atoms with van der Waals surface area (Å²) in [5.41, 5.74) is 0. The predicted octanol–water partition coefficient (Wildman–Crippen LogP) is 1.54. The van der Waals surface area contributed by atoms with Gasteiger partial charge in [0.1, 0.15) is 0 Å². The van der Waals surface area contributed by atoms with Crippen LogP contribution in [0.1, 0.15) is 39.5 Å². The summed E-state index contributed by atoms with van der Waals surface area (Å²) in [7, 11) is 0. The van der Waals surface area contributed by atoms with Crippen LogP contribution in [-0.4, -0.2) is 25.0 Å². The Morgan fingerprint density at radius 2 is 2.06 bits per heavy atom. The Balaban J connectivity index is 1.68. The highest BCUT2D eigenvalue weighted by atomic mass is 16.1. The third-order valence-electron chi connectivity index (χ3n) is 4.15. The number of amides is 1. The summed E-state index contributed by atoms with van der Waals surface area (Å²) in [6, 6.07) is 0.479. The molecular formula is C13H24N2O. The molecule has 16 heavy (non-hydrogen) atoms. The molecule has 1 heterocycles. The molecule has 1 aliphatic heterocycles. The fraction of sp³-hybridized carbons (Fsp3) is 0.923. The van der Waals surface area contributed by atoms with Gasteiger partial charge in [0, 0.05) is 12.5 Å². The zero-order valence-corrected chi connectivity index (χ0v) is 10.5. The number of hydrogen-bond acceptors (Lipinski definition) is 2. The smallest absolute Gasteiger partial charge is 0.220 e. The highest BCUT2D eigenvalue weighted by Gasteiger charge is 2.34. The number of carbonyl (C=O) groups is 1. The van der Waals surface area contributed by atoms with Crippen LogP contribution in [0.4, 0.5) is 0 Å². The Labute approximate surface area is 98.4 Å². The van der Waals surface area contributed by atoms with Gasteiger partial charge in [-0.05, 0) is 50.1 Å². The van der Waals surface area contributed by atoms with Gasteiger partial charge in [-0.3, -0.25) is 4.79 Å². The highest BCUT2D eigenvalue weighted by Crippen LogP contribution is 2.30. The van der Waals surface area contributed by atoms with Crippen molar-refractivity contribution in [1.29, 1.82) is 0 Å². The summed E-state index contributed by atoms with van der Waals surface area (Å²) in [5.74, 6) is 2.25. The standard InChI is InChI=1S/C13H24N2O/c1-9(11-3-5-14-6-4-11)8-13(16)15-12-7-10(12)2/h9-12,14H,3-8H2,1-2H3,(H,15,16). The Hall–Kier alpha value is -0.570. The van der Waals surface area contributed by atoms with Crippen LogP contribution in [0.5, 0.6) is 0 Å². The molecule has 3 unspecified atom stereocenters. The molecule has 1 aliphatic carbocycles. The zero-order valence-electron chi connectivity index (χ0n) is 10.5. The van der Waals surface area contributed by atoms with Gasteiger partial charge in [-0.2, -0.15) is 0 Å². The maximum atomic E-state index is 11.8. The molecular weight excluding hydrogens is 200 g/mol. The highest BCUT2D eigenvalue weighted by molar-refractivity contribution is 5.76. The van der Waals surface area contributed by atoms with E-state index in [0.717, 1.165) is 19.0 Å². The summed E-state index contributed by atoms with van der Waals surface area (Å²) in [6.45, 7) is 6.67. The third-order valence-corrected chi connectivity index (χ3v) is 4.15. The first-order valence-corrected chi connectivity index (χ1v) is 6.67. The fourth-order valence-electron chi connectivity index (χ4n) is 2.66. The first-order chi connectivity index (χ1) is 7.66. The monoisotopic (exact) mass is 224 g/mol. The van der Waals surface area contributed by atoms with Gasteiger partial charge in [0.05, 0.1) is 0 Å². The first-order valence-electron chi connectivity index (χ1n) is 6.67. The molecule has 2 fully saturated rings. The van der Waals surface area contributed by atoms with Gasteiger partial charge >= 0.3 is 0 Å². The zero-order chi connectivity index (χ0) is 11.5. The van der Waals surface area contributed by atoms with Crippen molar-refractivity contribution in [2.45, 2.75) is 45.6 Å². The second kappa shape index (κ2) is 5.17. The lowest BCUT2D eigenvalue weighted by Gasteiger charge is -2.27. The van der Waals surface area contributed by atoms with Crippen LogP contribution in [0.25, 0.3) is 0 Å². The normalized spacial score (nSPS) is 32.1. The second-order valence-electron chi connectivity index (χ2n) is 5.66. The van der Waals surface area contributed by atoms with Crippen molar-refractivity contribution in [3.63, 3.8) is 0 Å². The van der Waals surface area contributed by atoms with E-state index in [1.807, 2.05) is 0 Å². The molecule has 3 nitrogen and oxygen atoms in total. The van der Waals surface area contributed by atoms with Crippen molar-refractivity contribution in [3.05, 3.63) is 0 Å². The molecule has 1 saturated carbocycles. The summed E-state index contributed by atoms with van der Waals surface area (Å²) in [4.78, 5) is 11.8. The van der Waals surface area contributed by atoms with Crippen molar-refractivity contribution in [3.8, 4) is 0 Å². The molecule has 0 aromatic carbocycles. The van der Waals surface area contributed by atoms with E-state index in [2.05, 4.69) is 24.5 Å².